The zero-order valence-electron chi connectivity index (χ0n) is 15.8. The Kier molecular flexibility index (Phi) is 5.11. The summed E-state index contributed by atoms with van der Waals surface area (Å²) in [6.45, 7) is 6.27. The van der Waals surface area contributed by atoms with Crippen molar-refractivity contribution in [3.05, 3.63) is 48.1 Å². The maximum Gasteiger partial charge on any atom is 0.222 e. The van der Waals surface area contributed by atoms with Crippen molar-refractivity contribution in [2.24, 2.45) is 5.41 Å². The average molecular weight is 366 g/mol. The van der Waals surface area contributed by atoms with Crippen molar-refractivity contribution in [3.8, 4) is 0 Å². The van der Waals surface area contributed by atoms with Gasteiger partial charge in [-0.3, -0.25) is 19.7 Å². The van der Waals surface area contributed by atoms with Crippen molar-refractivity contribution < 1.29 is 4.79 Å². The van der Waals surface area contributed by atoms with E-state index in [1.165, 1.54) is 12.8 Å². The molecule has 0 aromatic carbocycles. The predicted octanol–water partition coefficient (Wildman–Crippen LogP) is 1.98. The zero-order valence-corrected chi connectivity index (χ0v) is 15.8. The van der Waals surface area contributed by atoms with Gasteiger partial charge in [0.05, 0.1) is 24.1 Å². The van der Waals surface area contributed by atoms with E-state index in [-0.39, 0.29) is 11.3 Å². The van der Waals surface area contributed by atoms with Gasteiger partial charge in [-0.25, -0.2) is 9.97 Å². The Bertz CT molecular complexity index is 781. The number of rotatable bonds is 4. The van der Waals surface area contributed by atoms with E-state index in [0.29, 0.717) is 13.0 Å². The van der Waals surface area contributed by atoms with Crippen LogP contribution in [-0.2, 0) is 17.9 Å². The van der Waals surface area contributed by atoms with Gasteiger partial charge in [0.25, 0.3) is 0 Å². The van der Waals surface area contributed by atoms with Crippen LogP contribution in [0.4, 0.5) is 0 Å². The topological polar surface area (TPSA) is 75.1 Å². The lowest BCUT2D eigenvalue weighted by molar-refractivity contribution is -0.140. The molecule has 4 heterocycles. The molecule has 1 spiro atoms. The Morgan fingerprint density at radius 1 is 1.04 bits per heavy atom. The molecular formula is C20H26N6O. The van der Waals surface area contributed by atoms with Crippen molar-refractivity contribution in [2.45, 2.75) is 45.7 Å². The molecule has 0 bridgehead atoms. The highest BCUT2D eigenvalue weighted by Crippen LogP contribution is 2.39. The summed E-state index contributed by atoms with van der Waals surface area (Å²) < 4.78 is 0. The number of aryl methyl sites for hydroxylation is 1. The molecule has 2 aliphatic rings. The molecule has 2 aliphatic heterocycles. The predicted molar refractivity (Wildman–Crippen MR) is 100 cm³/mol. The Balaban J connectivity index is 1.43. The van der Waals surface area contributed by atoms with Crippen LogP contribution >= 0.6 is 0 Å². The molecule has 0 saturated carbocycles. The van der Waals surface area contributed by atoms with Crippen LogP contribution in [0.25, 0.3) is 0 Å². The molecule has 2 fully saturated rings. The van der Waals surface area contributed by atoms with Crippen LogP contribution in [0.15, 0.2) is 31.1 Å². The van der Waals surface area contributed by atoms with Crippen molar-refractivity contribution in [1.29, 1.82) is 0 Å². The molecule has 142 valence electrons. The Labute approximate surface area is 159 Å². The molecule has 27 heavy (non-hydrogen) atoms. The first-order valence-corrected chi connectivity index (χ1v) is 9.63. The summed E-state index contributed by atoms with van der Waals surface area (Å²) in [4.78, 5) is 34.0. The SMILES string of the molecule is Cc1cnc(CN2C[C@@]3(CCCN(Cc4cncnc4)C3)CCC2=O)cn1. The minimum atomic E-state index is 0.180. The molecule has 2 saturated heterocycles. The number of carbonyl (C=O) groups excluding carboxylic acids is 1. The third kappa shape index (κ3) is 4.30. The van der Waals surface area contributed by atoms with Crippen molar-refractivity contribution in [3.63, 3.8) is 0 Å². The maximum atomic E-state index is 12.5. The molecule has 2 aromatic rings. The molecule has 0 aliphatic carbocycles. The van der Waals surface area contributed by atoms with Crippen LogP contribution in [-0.4, -0.2) is 55.3 Å². The van der Waals surface area contributed by atoms with E-state index in [0.717, 1.165) is 49.6 Å². The van der Waals surface area contributed by atoms with Crippen LogP contribution in [0.5, 0.6) is 0 Å². The number of amides is 1. The highest BCUT2D eigenvalue weighted by Gasteiger charge is 2.41. The highest BCUT2D eigenvalue weighted by atomic mass is 16.2. The van der Waals surface area contributed by atoms with Gasteiger partial charge < -0.3 is 4.90 Å². The Hall–Kier alpha value is -2.41. The van der Waals surface area contributed by atoms with Gasteiger partial charge in [0.2, 0.25) is 5.91 Å². The fraction of sp³-hybridized carbons (Fsp3) is 0.550. The molecule has 1 atom stereocenters. The Morgan fingerprint density at radius 3 is 2.67 bits per heavy atom. The second-order valence-corrected chi connectivity index (χ2v) is 7.96. The molecule has 2 aromatic heterocycles. The van der Waals surface area contributed by atoms with E-state index >= 15 is 0 Å². The molecular weight excluding hydrogens is 340 g/mol. The molecule has 1 amide bonds. The number of piperidine rings is 2. The van der Waals surface area contributed by atoms with Gasteiger partial charge in [0, 0.05) is 55.6 Å². The lowest BCUT2D eigenvalue weighted by atomic mass is 9.73. The minimum Gasteiger partial charge on any atom is -0.336 e. The van der Waals surface area contributed by atoms with Crippen molar-refractivity contribution in [2.75, 3.05) is 19.6 Å². The molecule has 7 heteroatoms. The Morgan fingerprint density at radius 2 is 1.89 bits per heavy atom. The van der Waals surface area contributed by atoms with Crippen LogP contribution in [0.2, 0.25) is 0 Å². The van der Waals surface area contributed by atoms with Gasteiger partial charge >= 0.3 is 0 Å². The fourth-order valence-corrected chi connectivity index (χ4v) is 4.39. The first-order chi connectivity index (χ1) is 13.1. The lowest BCUT2D eigenvalue weighted by Crippen LogP contribution is -2.53. The summed E-state index contributed by atoms with van der Waals surface area (Å²) in [5, 5.41) is 0. The standard InChI is InChI=1S/C20H26N6O/c1-16-7-24-18(10-23-16)12-26-14-20(5-3-19(26)27)4-2-6-25(13-20)11-17-8-21-15-22-9-17/h7-10,15H,2-6,11-14H2,1H3/t20-/m0/s1. The molecule has 4 rings (SSSR count). The molecule has 0 radical (unpaired) electrons. The van der Waals surface area contributed by atoms with Gasteiger partial charge in [-0.05, 0) is 32.7 Å². The molecule has 7 nitrogen and oxygen atoms in total. The normalized spacial score (nSPS) is 23.7. The monoisotopic (exact) mass is 366 g/mol. The quantitative estimate of drug-likeness (QED) is 0.824. The summed E-state index contributed by atoms with van der Waals surface area (Å²) in [6.07, 6.45) is 12.8. The van der Waals surface area contributed by atoms with E-state index in [4.69, 9.17) is 0 Å². The smallest absolute Gasteiger partial charge is 0.222 e. The fourth-order valence-electron chi connectivity index (χ4n) is 4.39. The summed E-state index contributed by atoms with van der Waals surface area (Å²) in [5.41, 5.74) is 3.08. The highest BCUT2D eigenvalue weighted by molar-refractivity contribution is 5.77. The number of hydrogen-bond donors (Lipinski definition) is 0. The van der Waals surface area contributed by atoms with Gasteiger partial charge in [-0.15, -0.1) is 0 Å². The summed E-state index contributed by atoms with van der Waals surface area (Å²) in [6, 6.07) is 0. The van der Waals surface area contributed by atoms with Crippen LogP contribution in [0.3, 0.4) is 0 Å². The number of likely N-dealkylation sites (tertiary alicyclic amines) is 2. The van der Waals surface area contributed by atoms with Crippen LogP contribution in [0.1, 0.15) is 42.6 Å². The van der Waals surface area contributed by atoms with E-state index in [1.807, 2.05) is 24.2 Å². The average Bonchev–Trinajstić information content (AvgIpc) is 2.68. The number of nitrogens with zero attached hydrogens (tertiary/aromatic N) is 6. The first kappa shape index (κ1) is 18.0. The number of aromatic nitrogens is 4. The lowest BCUT2D eigenvalue weighted by Gasteiger charge is -2.48. The zero-order chi connectivity index (χ0) is 18.7. The van der Waals surface area contributed by atoms with Gasteiger partial charge in [0.15, 0.2) is 0 Å². The molecule has 0 N–H and O–H groups in total. The summed E-state index contributed by atoms with van der Waals surface area (Å²) in [7, 11) is 0. The largest absolute Gasteiger partial charge is 0.336 e. The van der Waals surface area contributed by atoms with Crippen LogP contribution < -0.4 is 0 Å². The molecule has 0 unspecified atom stereocenters. The van der Waals surface area contributed by atoms with E-state index in [9.17, 15) is 4.79 Å². The van der Waals surface area contributed by atoms with Gasteiger partial charge in [-0.1, -0.05) is 0 Å². The summed E-state index contributed by atoms with van der Waals surface area (Å²) >= 11 is 0. The van der Waals surface area contributed by atoms with Gasteiger partial charge in [-0.2, -0.15) is 0 Å². The third-order valence-electron chi connectivity index (χ3n) is 5.70. The number of hydrogen-bond acceptors (Lipinski definition) is 6. The van der Waals surface area contributed by atoms with E-state index < -0.39 is 0 Å². The number of carbonyl (C=O) groups is 1. The first-order valence-electron chi connectivity index (χ1n) is 9.63. The van der Waals surface area contributed by atoms with Crippen molar-refractivity contribution in [1.82, 2.24) is 29.7 Å². The maximum absolute atomic E-state index is 12.5. The minimum absolute atomic E-state index is 0.180. The third-order valence-corrected chi connectivity index (χ3v) is 5.70. The van der Waals surface area contributed by atoms with E-state index in [2.05, 4.69) is 24.8 Å². The van der Waals surface area contributed by atoms with Gasteiger partial charge in [0.1, 0.15) is 6.33 Å². The van der Waals surface area contributed by atoms with E-state index in [1.54, 1.807) is 18.7 Å². The second kappa shape index (κ2) is 7.68. The second-order valence-electron chi connectivity index (χ2n) is 7.96. The van der Waals surface area contributed by atoms with Crippen molar-refractivity contribution >= 4 is 5.91 Å². The summed E-state index contributed by atoms with van der Waals surface area (Å²) in [5.74, 6) is 0.233. The van der Waals surface area contributed by atoms with Crippen LogP contribution in [0, 0.1) is 12.3 Å².